The Morgan fingerprint density at radius 2 is 1.47 bits per heavy atom. The van der Waals surface area contributed by atoms with Gasteiger partial charge in [0.15, 0.2) is 0 Å². The van der Waals surface area contributed by atoms with Crippen LogP contribution in [0.5, 0.6) is 11.5 Å². The molecule has 0 aliphatic rings. The van der Waals surface area contributed by atoms with E-state index >= 15 is 0 Å². The molecule has 166 valence electrons. The van der Waals surface area contributed by atoms with Crippen molar-refractivity contribution in [3.05, 3.63) is 80.0 Å². The molecule has 1 unspecified atom stereocenters. The molecule has 4 aromatic rings. The summed E-state index contributed by atoms with van der Waals surface area (Å²) in [6, 6.07) is 11.7. The molecule has 0 saturated carbocycles. The molecule has 0 fully saturated rings. The summed E-state index contributed by atoms with van der Waals surface area (Å²) in [5.41, 5.74) is 2.65. The van der Waals surface area contributed by atoms with Gasteiger partial charge in [0.05, 0.1) is 0 Å². The highest BCUT2D eigenvalue weighted by molar-refractivity contribution is 5.83. The third kappa shape index (κ3) is 4.53. The molecule has 2 heterocycles. The molecule has 4 rings (SSSR count). The molecule has 1 atom stereocenters. The summed E-state index contributed by atoms with van der Waals surface area (Å²) in [5.74, 6) is 1.03. The maximum atomic E-state index is 11.7. The van der Waals surface area contributed by atoms with Crippen LogP contribution in [0, 0.1) is 13.8 Å². The number of aliphatic hydroxyl groups excluding tert-OH is 1. The Morgan fingerprint density at radius 1 is 0.844 bits per heavy atom. The summed E-state index contributed by atoms with van der Waals surface area (Å²) in [5, 5.41) is 12.0. The smallest absolute Gasteiger partial charge is 0.336 e. The van der Waals surface area contributed by atoms with Gasteiger partial charge in [0.25, 0.3) is 0 Å². The summed E-state index contributed by atoms with van der Waals surface area (Å²) in [6.45, 7) is 5.69. The third-order valence-electron chi connectivity index (χ3n) is 5.31. The van der Waals surface area contributed by atoms with Crippen LogP contribution in [-0.2, 0) is 6.42 Å². The van der Waals surface area contributed by atoms with Crippen molar-refractivity contribution in [2.75, 3.05) is 13.2 Å². The van der Waals surface area contributed by atoms with Crippen LogP contribution < -0.4 is 20.7 Å². The van der Waals surface area contributed by atoms with Crippen molar-refractivity contribution in [2.24, 2.45) is 0 Å². The number of aliphatic hydroxyl groups is 1. The second-order valence-electron chi connectivity index (χ2n) is 7.74. The molecule has 2 aromatic heterocycles. The Hall–Kier alpha value is -3.58. The molecule has 2 aromatic carbocycles. The van der Waals surface area contributed by atoms with Gasteiger partial charge >= 0.3 is 11.3 Å². The van der Waals surface area contributed by atoms with Crippen LogP contribution >= 0.6 is 0 Å². The zero-order valence-electron chi connectivity index (χ0n) is 18.1. The summed E-state index contributed by atoms with van der Waals surface area (Å²) in [4.78, 5) is 23.3. The molecule has 0 spiro atoms. The van der Waals surface area contributed by atoms with Gasteiger partial charge in [-0.15, -0.1) is 0 Å². The monoisotopic (exact) mass is 436 g/mol. The zero-order chi connectivity index (χ0) is 22.8. The van der Waals surface area contributed by atoms with Crippen LogP contribution in [0.25, 0.3) is 21.9 Å². The van der Waals surface area contributed by atoms with Gasteiger partial charge in [-0.2, -0.15) is 0 Å². The fourth-order valence-corrected chi connectivity index (χ4v) is 3.62. The molecule has 0 aliphatic heterocycles. The molecule has 1 N–H and O–H groups in total. The quantitative estimate of drug-likeness (QED) is 0.439. The Bertz CT molecular complexity index is 1400. The van der Waals surface area contributed by atoms with Crippen LogP contribution in [0.4, 0.5) is 0 Å². The van der Waals surface area contributed by atoms with Gasteiger partial charge in [-0.05, 0) is 55.2 Å². The van der Waals surface area contributed by atoms with E-state index in [1.807, 2.05) is 32.9 Å². The van der Waals surface area contributed by atoms with Crippen molar-refractivity contribution in [3.63, 3.8) is 0 Å². The van der Waals surface area contributed by atoms with Gasteiger partial charge in [0, 0.05) is 35.0 Å². The molecular formula is C25H24O7. The molecule has 7 heteroatoms. The summed E-state index contributed by atoms with van der Waals surface area (Å²) in [6.07, 6.45) is -0.182. The van der Waals surface area contributed by atoms with Gasteiger partial charge < -0.3 is 23.4 Å². The molecule has 0 amide bonds. The standard InChI is InChI=1S/C25H24O7/c1-4-16-9-20-15(3)8-25(28)32-23(20)11-21(16)30-13-17(26)12-29-18-5-6-19-14(2)7-24(27)31-22(19)10-18/h5-11,17,26H,4,12-13H2,1-3H3. The van der Waals surface area contributed by atoms with E-state index in [-0.39, 0.29) is 13.2 Å². The molecule has 32 heavy (non-hydrogen) atoms. The van der Waals surface area contributed by atoms with E-state index in [4.69, 9.17) is 18.3 Å². The average Bonchev–Trinajstić information content (AvgIpc) is 2.75. The molecule has 0 radical (unpaired) electrons. The summed E-state index contributed by atoms with van der Waals surface area (Å²) < 4.78 is 22.0. The minimum atomic E-state index is -0.903. The Kier molecular flexibility index (Phi) is 6.01. The van der Waals surface area contributed by atoms with E-state index in [2.05, 4.69) is 0 Å². The first kappa shape index (κ1) is 21.6. The first-order valence-electron chi connectivity index (χ1n) is 10.4. The van der Waals surface area contributed by atoms with Gasteiger partial charge in [0.2, 0.25) is 0 Å². The maximum absolute atomic E-state index is 11.7. The predicted octanol–water partition coefficient (Wildman–Crippen LogP) is 3.90. The van der Waals surface area contributed by atoms with E-state index in [1.54, 1.807) is 18.2 Å². The fourth-order valence-electron chi connectivity index (χ4n) is 3.62. The average molecular weight is 436 g/mol. The summed E-state index contributed by atoms with van der Waals surface area (Å²) >= 11 is 0. The van der Waals surface area contributed by atoms with E-state index in [0.717, 1.165) is 33.9 Å². The van der Waals surface area contributed by atoms with Gasteiger partial charge in [0.1, 0.15) is 42.0 Å². The molecule has 7 nitrogen and oxygen atoms in total. The summed E-state index contributed by atoms with van der Waals surface area (Å²) in [7, 11) is 0. The second-order valence-corrected chi connectivity index (χ2v) is 7.74. The lowest BCUT2D eigenvalue weighted by molar-refractivity contribution is 0.0623. The fraction of sp³-hybridized carbons (Fsp3) is 0.280. The maximum Gasteiger partial charge on any atom is 0.336 e. The van der Waals surface area contributed by atoms with E-state index in [1.165, 1.54) is 12.1 Å². The number of rotatable bonds is 7. The van der Waals surface area contributed by atoms with Crippen molar-refractivity contribution in [1.29, 1.82) is 0 Å². The molecule has 0 saturated heterocycles. The number of fused-ring (bicyclic) bond motifs is 2. The van der Waals surface area contributed by atoms with Crippen molar-refractivity contribution in [2.45, 2.75) is 33.3 Å². The Morgan fingerprint density at radius 3 is 2.16 bits per heavy atom. The Balaban J connectivity index is 1.44. The highest BCUT2D eigenvalue weighted by Gasteiger charge is 2.13. The van der Waals surface area contributed by atoms with Crippen LogP contribution in [0.3, 0.4) is 0 Å². The van der Waals surface area contributed by atoms with Crippen molar-refractivity contribution in [1.82, 2.24) is 0 Å². The number of benzene rings is 2. The second kappa shape index (κ2) is 8.88. The van der Waals surface area contributed by atoms with Gasteiger partial charge in [-0.25, -0.2) is 9.59 Å². The third-order valence-corrected chi connectivity index (χ3v) is 5.31. The Labute approximate surface area is 183 Å². The normalized spacial score (nSPS) is 12.2. The predicted molar refractivity (Wildman–Crippen MR) is 121 cm³/mol. The number of hydrogen-bond acceptors (Lipinski definition) is 7. The topological polar surface area (TPSA) is 99.1 Å². The lowest BCUT2D eigenvalue weighted by atomic mass is 10.1. The van der Waals surface area contributed by atoms with E-state index in [0.29, 0.717) is 22.7 Å². The molecule has 0 bridgehead atoms. The lowest BCUT2D eigenvalue weighted by Gasteiger charge is -2.16. The highest BCUT2D eigenvalue weighted by atomic mass is 16.5. The van der Waals surface area contributed by atoms with Crippen molar-refractivity contribution >= 4 is 21.9 Å². The van der Waals surface area contributed by atoms with Crippen LogP contribution in [0.1, 0.15) is 23.6 Å². The first-order chi connectivity index (χ1) is 15.3. The van der Waals surface area contributed by atoms with E-state index in [9.17, 15) is 14.7 Å². The van der Waals surface area contributed by atoms with Gasteiger partial charge in [-0.3, -0.25) is 0 Å². The molecule has 0 aliphatic carbocycles. The minimum Gasteiger partial charge on any atom is -0.491 e. The van der Waals surface area contributed by atoms with Gasteiger partial charge in [-0.1, -0.05) is 6.92 Å². The number of ether oxygens (including phenoxy) is 2. The van der Waals surface area contributed by atoms with Crippen LogP contribution in [-0.4, -0.2) is 24.4 Å². The van der Waals surface area contributed by atoms with Crippen LogP contribution in [0.2, 0.25) is 0 Å². The minimum absolute atomic E-state index is 0.00364. The van der Waals surface area contributed by atoms with E-state index < -0.39 is 17.4 Å². The first-order valence-corrected chi connectivity index (χ1v) is 10.4. The highest BCUT2D eigenvalue weighted by Crippen LogP contribution is 2.28. The SMILES string of the molecule is CCc1cc2c(C)cc(=O)oc2cc1OCC(O)COc1ccc2c(C)cc(=O)oc2c1. The zero-order valence-corrected chi connectivity index (χ0v) is 18.1. The van der Waals surface area contributed by atoms with Crippen molar-refractivity contribution < 1.29 is 23.4 Å². The number of aryl methyl sites for hydroxylation is 3. The molecular weight excluding hydrogens is 412 g/mol. The van der Waals surface area contributed by atoms with Crippen LogP contribution in [0.15, 0.2) is 60.9 Å². The largest absolute Gasteiger partial charge is 0.491 e. The number of hydrogen-bond donors (Lipinski definition) is 1. The van der Waals surface area contributed by atoms with Crippen molar-refractivity contribution in [3.8, 4) is 11.5 Å². The lowest BCUT2D eigenvalue weighted by Crippen LogP contribution is -2.25.